The van der Waals surface area contributed by atoms with E-state index in [-0.39, 0.29) is 0 Å². The fourth-order valence-corrected chi connectivity index (χ4v) is 21.5. The number of halogens is 4. The van der Waals surface area contributed by atoms with E-state index in [4.69, 9.17) is 45.0 Å². The summed E-state index contributed by atoms with van der Waals surface area (Å²) in [6.45, 7) is -6.59. The van der Waals surface area contributed by atoms with Crippen molar-refractivity contribution in [1.29, 1.82) is 0 Å². The lowest BCUT2D eigenvalue weighted by Gasteiger charge is -2.31. The van der Waals surface area contributed by atoms with Crippen LogP contribution in [0.1, 0.15) is 13.8 Å². The van der Waals surface area contributed by atoms with E-state index in [0.717, 1.165) is 0 Å². The van der Waals surface area contributed by atoms with Crippen LogP contribution in [0.4, 0.5) is 0 Å². The molecule has 0 fully saturated rings. The van der Waals surface area contributed by atoms with Crippen molar-refractivity contribution in [1.82, 2.24) is 19.5 Å². The number of nitrogens with one attached hydrogen (secondary N) is 2. The number of nitrogens with zero attached hydrogens (tertiary/aromatic N) is 6. The van der Waals surface area contributed by atoms with Gasteiger partial charge in [-0.25, -0.2) is 9.34 Å². The van der Waals surface area contributed by atoms with Gasteiger partial charge >= 0.3 is 0 Å². The molecule has 0 amide bonds. The van der Waals surface area contributed by atoms with Gasteiger partial charge < -0.3 is 0 Å². The molecule has 1 rings (SSSR count). The highest BCUT2D eigenvalue weighted by Gasteiger charge is 2.36. The third kappa shape index (κ3) is 5.96. The summed E-state index contributed by atoms with van der Waals surface area (Å²) in [4.78, 5) is 0. The first-order valence-electron chi connectivity index (χ1n) is 7.03. The summed E-state index contributed by atoms with van der Waals surface area (Å²) in [6.07, 6.45) is 0. The predicted molar refractivity (Wildman–Crippen MR) is 116 cm³/mol. The lowest BCUT2D eigenvalue weighted by atomic mass is 10.8. The summed E-state index contributed by atoms with van der Waals surface area (Å²) in [5, 5.41) is 6.23. The first-order valence-corrected chi connectivity index (χ1v) is 17.3. The Morgan fingerprint density at radius 1 is 0.667 bits per heavy atom. The largest absolute Gasteiger partial charge is 0.254 e. The van der Waals surface area contributed by atoms with Crippen LogP contribution in [-0.4, -0.2) is 50.6 Å². The van der Waals surface area contributed by atoms with Gasteiger partial charge in [-0.1, -0.05) is 13.8 Å². The van der Waals surface area contributed by atoms with Gasteiger partial charge in [0.05, 0.1) is 0 Å². The molecule has 1 aliphatic rings. The van der Waals surface area contributed by atoms with Crippen LogP contribution < -0.4 is 10.2 Å². The Balaban J connectivity index is 3.91. The van der Waals surface area contributed by atoms with E-state index in [2.05, 4.69) is 28.2 Å². The topological polar surface area (TPSA) is 80.0 Å². The van der Waals surface area contributed by atoms with E-state index >= 15 is 0 Å². The molecular weight excluding hydrogens is 474 g/mol. The first kappa shape index (κ1) is 24.0. The van der Waals surface area contributed by atoms with E-state index in [9.17, 15) is 0 Å². The molecule has 0 aromatic rings. The van der Waals surface area contributed by atoms with Crippen LogP contribution >= 0.6 is 71.8 Å². The van der Waals surface area contributed by atoms with Gasteiger partial charge in [-0.3, -0.25) is 10.2 Å². The monoisotopic (exact) mass is 496 g/mol. The molecule has 0 aromatic carbocycles. The smallest absolute Gasteiger partial charge is 0.238 e. The van der Waals surface area contributed by atoms with Gasteiger partial charge in [0.25, 0.3) is 0 Å². The zero-order valence-corrected chi connectivity index (χ0v) is 21.0. The standard InChI is InChI=1S/C8H24Cl4N8P4/c1-7-13-21(9)15-23(11,19(3)4)17-22(10,14-8-2)18-24(12,16-21)20(5)6/h13-14H,7-8H2,1-6H3/t21-,22-,23-,24-. The van der Waals surface area contributed by atoms with Crippen LogP contribution in [0.25, 0.3) is 0 Å². The molecule has 0 bridgehead atoms. The SMILES string of the molecule is CCN[P@@]1(Cl)=N[P@@](Cl)(N(C)C)=N[P@](Cl)(NCC)=N[P@](Cl)(N(C)C)=N1. The van der Waals surface area contributed by atoms with E-state index in [1.807, 2.05) is 13.8 Å². The van der Waals surface area contributed by atoms with Crippen molar-refractivity contribution >= 4 is 71.8 Å². The van der Waals surface area contributed by atoms with Crippen molar-refractivity contribution in [3.8, 4) is 0 Å². The van der Waals surface area contributed by atoms with E-state index in [0.29, 0.717) is 13.1 Å². The van der Waals surface area contributed by atoms with Crippen LogP contribution in [0.3, 0.4) is 0 Å². The van der Waals surface area contributed by atoms with Crippen molar-refractivity contribution in [3.05, 3.63) is 0 Å². The molecule has 0 radical (unpaired) electrons. The zero-order chi connectivity index (χ0) is 18.8. The van der Waals surface area contributed by atoms with Crippen molar-refractivity contribution in [2.75, 3.05) is 41.3 Å². The van der Waals surface area contributed by atoms with Crippen LogP contribution in [0.5, 0.6) is 0 Å². The normalized spacial score (nSPS) is 40.2. The molecule has 0 saturated heterocycles. The van der Waals surface area contributed by atoms with Gasteiger partial charge in [-0.15, -0.1) is 0 Å². The fraction of sp³-hybridized carbons (Fsp3) is 1.00. The van der Waals surface area contributed by atoms with Gasteiger partial charge in [0, 0.05) is 13.1 Å². The molecule has 24 heavy (non-hydrogen) atoms. The lowest BCUT2D eigenvalue weighted by molar-refractivity contribution is 0.677. The molecule has 0 saturated carbocycles. The maximum atomic E-state index is 6.75. The molecule has 2 N–H and O–H groups in total. The predicted octanol–water partition coefficient (Wildman–Crippen LogP) is 7.08. The summed E-state index contributed by atoms with van der Waals surface area (Å²) in [7, 11) is 7.13. The van der Waals surface area contributed by atoms with Gasteiger partial charge in [0.2, 0.25) is 26.8 Å². The molecule has 1 aliphatic heterocycles. The summed E-state index contributed by atoms with van der Waals surface area (Å²) in [6, 6.07) is 0. The maximum absolute atomic E-state index is 6.75. The Labute approximate surface area is 164 Å². The Bertz CT molecular complexity index is 632. The summed E-state index contributed by atoms with van der Waals surface area (Å²) < 4.78 is 22.0. The summed E-state index contributed by atoms with van der Waals surface area (Å²) in [5.74, 6) is 0. The maximum Gasteiger partial charge on any atom is 0.238 e. The Kier molecular flexibility index (Phi) is 8.93. The Morgan fingerprint density at radius 2 is 0.958 bits per heavy atom. The molecule has 0 spiro atoms. The van der Waals surface area contributed by atoms with Crippen molar-refractivity contribution < 1.29 is 0 Å². The highest BCUT2D eigenvalue weighted by molar-refractivity contribution is 8.07. The number of rotatable bonds is 6. The minimum atomic E-state index is -2.89. The first-order chi connectivity index (χ1) is 10.8. The Morgan fingerprint density at radius 3 is 1.17 bits per heavy atom. The molecule has 0 unspecified atom stereocenters. The van der Waals surface area contributed by atoms with Crippen LogP contribution in [0, 0.1) is 0 Å². The molecule has 8 nitrogen and oxygen atoms in total. The van der Waals surface area contributed by atoms with Crippen LogP contribution in [-0.2, 0) is 0 Å². The zero-order valence-electron chi connectivity index (χ0n) is 14.4. The Hall–Kier alpha value is 1.92. The van der Waals surface area contributed by atoms with Crippen LogP contribution in [0.2, 0.25) is 0 Å². The highest BCUT2D eigenvalue weighted by Crippen LogP contribution is 2.82. The second-order valence-corrected chi connectivity index (χ2v) is 19.8. The van der Waals surface area contributed by atoms with Crippen molar-refractivity contribution in [2.45, 2.75) is 13.8 Å². The molecular formula is C8H24Cl4N8P4. The van der Waals surface area contributed by atoms with Crippen LogP contribution in [0.15, 0.2) is 18.1 Å². The number of hydrogen-bond acceptors (Lipinski definition) is 8. The molecule has 0 aromatic heterocycles. The third-order valence-corrected chi connectivity index (χ3v) is 21.0. The van der Waals surface area contributed by atoms with Crippen molar-refractivity contribution in [3.63, 3.8) is 0 Å². The lowest BCUT2D eigenvalue weighted by Crippen LogP contribution is -2.11. The van der Waals surface area contributed by atoms with Crippen molar-refractivity contribution in [2.24, 2.45) is 18.1 Å². The van der Waals surface area contributed by atoms with Gasteiger partial charge in [0.1, 0.15) is 0 Å². The molecule has 16 heteroatoms. The summed E-state index contributed by atoms with van der Waals surface area (Å²) in [5.41, 5.74) is 0. The second-order valence-electron chi connectivity index (χ2n) is 5.12. The van der Waals surface area contributed by atoms with E-state index < -0.39 is 26.8 Å². The minimum absolute atomic E-state index is 0.563. The molecule has 144 valence electrons. The average molecular weight is 498 g/mol. The van der Waals surface area contributed by atoms with E-state index in [1.54, 1.807) is 37.5 Å². The quantitative estimate of drug-likeness (QED) is 0.384. The van der Waals surface area contributed by atoms with Gasteiger partial charge in [-0.05, 0) is 73.2 Å². The third-order valence-electron chi connectivity index (χ3n) is 2.67. The highest BCUT2D eigenvalue weighted by atomic mass is 35.7. The average Bonchev–Trinajstić information content (AvgIpc) is 2.35. The van der Waals surface area contributed by atoms with Gasteiger partial charge in [-0.2, -0.15) is 18.1 Å². The molecule has 1 heterocycles. The van der Waals surface area contributed by atoms with Gasteiger partial charge in [0.15, 0.2) is 0 Å². The fourth-order valence-electron chi connectivity index (χ4n) is 1.52. The van der Waals surface area contributed by atoms with E-state index in [1.165, 1.54) is 0 Å². The molecule has 0 aliphatic carbocycles. The molecule has 4 atom stereocenters. The number of hydrogen-bond donors (Lipinski definition) is 2. The minimum Gasteiger partial charge on any atom is -0.254 e. The second kappa shape index (κ2) is 8.95. The summed E-state index contributed by atoms with van der Waals surface area (Å²) >= 11 is 26.9.